The predicted octanol–water partition coefficient (Wildman–Crippen LogP) is 2.47. The zero-order valence-electron chi connectivity index (χ0n) is 8.87. The summed E-state index contributed by atoms with van der Waals surface area (Å²) in [6, 6.07) is 5.66. The lowest BCUT2D eigenvalue weighted by molar-refractivity contribution is 0.398. The van der Waals surface area contributed by atoms with Crippen molar-refractivity contribution in [3.05, 3.63) is 29.8 Å². The molecule has 1 aromatic rings. The normalized spacial score (nSPS) is 9.36. The smallest absolute Gasteiger partial charge is 0.214 e. The lowest BCUT2D eigenvalue weighted by atomic mass is 10.3. The molecule has 0 spiro atoms. The maximum Gasteiger partial charge on any atom is 0.214 e. The Morgan fingerprint density at radius 3 is 2.93 bits per heavy atom. The molecule has 1 rings (SSSR count). The fraction of sp³-hybridized carbons (Fsp3) is 0.364. The van der Waals surface area contributed by atoms with Gasteiger partial charge in [-0.25, -0.2) is 0 Å². The van der Waals surface area contributed by atoms with Gasteiger partial charge in [0, 0.05) is 12.6 Å². The van der Waals surface area contributed by atoms with E-state index in [-0.39, 0.29) is 0 Å². The number of aromatic nitrogens is 1. The van der Waals surface area contributed by atoms with E-state index in [1.54, 1.807) is 7.11 Å². The summed E-state index contributed by atoms with van der Waals surface area (Å²) in [5.74, 6) is 1.47. The maximum absolute atomic E-state index is 5.02. The minimum atomic E-state index is 0.632. The van der Waals surface area contributed by atoms with E-state index in [0.29, 0.717) is 5.88 Å². The van der Waals surface area contributed by atoms with Crippen molar-refractivity contribution in [1.82, 2.24) is 4.98 Å². The van der Waals surface area contributed by atoms with Gasteiger partial charge in [-0.15, -0.1) is 0 Å². The summed E-state index contributed by atoms with van der Waals surface area (Å²) in [6.07, 6.45) is 2.11. The van der Waals surface area contributed by atoms with Crippen LogP contribution < -0.4 is 10.1 Å². The van der Waals surface area contributed by atoms with E-state index < -0.39 is 0 Å². The topological polar surface area (TPSA) is 34.1 Å². The largest absolute Gasteiger partial charge is 0.481 e. The molecule has 1 N–H and O–H groups in total. The first-order chi connectivity index (χ1) is 6.72. The molecular formula is C11H16N2O. The number of hydrogen-bond donors (Lipinski definition) is 1. The molecule has 3 heteroatoms. The van der Waals surface area contributed by atoms with Gasteiger partial charge in [-0.05, 0) is 19.9 Å². The summed E-state index contributed by atoms with van der Waals surface area (Å²) >= 11 is 0. The Labute approximate surface area is 84.8 Å². The molecule has 0 aromatic carbocycles. The highest BCUT2D eigenvalue weighted by molar-refractivity contribution is 5.37. The summed E-state index contributed by atoms with van der Waals surface area (Å²) in [5.41, 5.74) is 1.29. The van der Waals surface area contributed by atoms with Crippen LogP contribution in [-0.2, 0) is 0 Å². The van der Waals surface area contributed by atoms with Gasteiger partial charge in [0.15, 0.2) is 0 Å². The third-order valence-electron chi connectivity index (χ3n) is 1.73. The van der Waals surface area contributed by atoms with E-state index in [0.717, 1.165) is 12.4 Å². The number of pyridine rings is 1. The van der Waals surface area contributed by atoms with Crippen molar-refractivity contribution in [2.75, 3.05) is 19.0 Å². The zero-order chi connectivity index (χ0) is 10.4. The Morgan fingerprint density at radius 2 is 2.29 bits per heavy atom. The van der Waals surface area contributed by atoms with Gasteiger partial charge in [0.05, 0.1) is 7.11 Å². The van der Waals surface area contributed by atoms with Gasteiger partial charge in [-0.1, -0.05) is 17.7 Å². The number of anilines is 1. The lowest BCUT2D eigenvalue weighted by Gasteiger charge is -2.04. The average Bonchev–Trinajstić information content (AvgIpc) is 2.18. The van der Waals surface area contributed by atoms with Crippen molar-refractivity contribution in [1.29, 1.82) is 0 Å². The first kappa shape index (κ1) is 10.6. The number of rotatable bonds is 4. The Kier molecular flexibility index (Phi) is 3.98. The van der Waals surface area contributed by atoms with Gasteiger partial charge >= 0.3 is 0 Å². The molecule has 1 heterocycles. The Balaban J connectivity index is 2.54. The van der Waals surface area contributed by atoms with Crippen LogP contribution in [0.25, 0.3) is 0 Å². The molecule has 0 fully saturated rings. The van der Waals surface area contributed by atoms with Crippen molar-refractivity contribution >= 4 is 5.82 Å². The molecule has 0 aliphatic rings. The van der Waals surface area contributed by atoms with Crippen molar-refractivity contribution < 1.29 is 4.74 Å². The third-order valence-corrected chi connectivity index (χ3v) is 1.73. The quantitative estimate of drug-likeness (QED) is 0.744. The zero-order valence-corrected chi connectivity index (χ0v) is 8.87. The van der Waals surface area contributed by atoms with Gasteiger partial charge in [0.1, 0.15) is 5.82 Å². The molecule has 0 radical (unpaired) electrons. The second kappa shape index (κ2) is 5.27. The van der Waals surface area contributed by atoms with E-state index in [4.69, 9.17) is 4.74 Å². The molecule has 0 saturated heterocycles. The van der Waals surface area contributed by atoms with Crippen LogP contribution in [0.1, 0.15) is 13.8 Å². The lowest BCUT2D eigenvalue weighted by Crippen LogP contribution is -2.01. The van der Waals surface area contributed by atoms with E-state index in [1.165, 1.54) is 5.57 Å². The number of ether oxygens (including phenoxy) is 1. The maximum atomic E-state index is 5.02. The van der Waals surface area contributed by atoms with Gasteiger partial charge in [0.25, 0.3) is 0 Å². The van der Waals surface area contributed by atoms with E-state index in [1.807, 2.05) is 18.2 Å². The van der Waals surface area contributed by atoms with Crippen LogP contribution >= 0.6 is 0 Å². The Hall–Kier alpha value is -1.51. The Morgan fingerprint density at radius 1 is 1.50 bits per heavy atom. The van der Waals surface area contributed by atoms with Gasteiger partial charge in [-0.2, -0.15) is 4.98 Å². The highest BCUT2D eigenvalue weighted by Gasteiger charge is 1.94. The van der Waals surface area contributed by atoms with Crippen molar-refractivity contribution in [2.24, 2.45) is 0 Å². The van der Waals surface area contributed by atoms with E-state index in [2.05, 4.69) is 30.2 Å². The fourth-order valence-electron chi connectivity index (χ4n) is 0.987. The summed E-state index contributed by atoms with van der Waals surface area (Å²) in [4.78, 5) is 4.23. The van der Waals surface area contributed by atoms with Crippen LogP contribution in [0.3, 0.4) is 0 Å². The molecule has 1 aromatic heterocycles. The molecule has 0 aliphatic carbocycles. The molecule has 0 atom stereocenters. The molecule has 0 unspecified atom stereocenters. The molecular weight excluding hydrogens is 176 g/mol. The van der Waals surface area contributed by atoms with Crippen LogP contribution in [0.4, 0.5) is 5.82 Å². The molecule has 3 nitrogen and oxygen atoms in total. The van der Waals surface area contributed by atoms with Gasteiger partial charge in [-0.3, -0.25) is 0 Å². The van der Waals surface area contributed by atoms with Gasteiger partial charge in [0.2, 0.25) is 5.88 Å². The number of hydrogen-bond acceptors (Lipinski definition) is 3. The minimum absolute atomic E-state index is 0.632. The van der Waals surface area contributed by atoms with Crippen LogP contribution in [-0.4, -0.2) is 18.6 Å². The van der Waals surface area contributed by atoms with Crippen LogP contribution in [0.15, 0.2) is 29.8 Å². The second-order valence-corrected chi connectivity index (χ2v) is 3.23. The highest BCUT2D eigenvalue weighted by Crippen LogP contribution is 2.10. The summed E-state index contributed by atoms with van der Waals surface area (Å²) in [5, 5.41) is 3.18. The van der Waals surface area contributed by atoms with Crippen LogP contribution in [0, 0.1) is 0 Å². The average molecular weight is 192 g/mol. The van der Waals surface area contributed by atoms with Crippen molar-refractivity contribution in [3.8, 4) is 5.88 Å². The first-order valence-electron chi connectivity index (χ1n) is 4.60. The van der Waals surface area contributed by atoms with Crippen molar-refractivity contribution in [3.63, 3.8) is 0 Å². The van der Waals surface area contributed by atoms with Crippen LogP contribution in [0.2, 0.25) is 0 Å². The standard InChI is InChI=1S/C11H16N2O/c1-9(2)7-8-12-10-5-4-6-11(13-10)14-3/h4-7H,8H2,1-3H3,(H,12,13). The van der Waals surface area contributed by atoms with Crippen molar-refractivity contribution in [2.45, 2.75) is 13.8 Å². The molecule has 0 aliphatic heterocycles. The second-order valence-electron chi connectivity index (χ2n) is 3.23. The Bertz CT molecular complexity index is 317. The minimum Gasteiger partial charge on any atom is -0.481 e. The van der Waals surface area contributed by atoms with E-state index in [9.17, 15) is 0 Å². The number of nitrogens with zero attached hydrogens (tertiary/aromatic N) is 1. The number of methoxy groups -OCH3 is 1. The SMILES string of the molecule is COc1cccc(NCC=C(C)C)n1. The predicted molar refractivity (Wildman–Crippen MR) is 58.7 cm³/mol. The van der Waals surface area contributed by atoms with Crippen LogP contribution in [0.5, 0.6) is 5.88 Å². The molecule has 14 heavy (non-hydrogen) atoms. The summed E-state index contributed by atoms with van der Waals surface area (Å²) < 4.78 is 5.02. The highest BCUT2D eigenvalue weighted by atomic mass is 16.5. The summed E-state index contributed by atoms with van der Waals surface area (Å²) in [6.45, 7) is 4.93. The number of nitrogens with one attached hydrogen (secondary N) is 1. The monoisotopic (exact) mass is 192 g/mol. The third kappa shape index (κ3) is 3.47. The van der Waals surface area contributed by atoms with E-state index >= 15 is 0 Å². The first-order valence-corrected chi connectivity index (χ1v) is 4.60. The molecule has 0 amide bonds. The van der Waals surface area contributed by atoms with Gasteiger partial charge < -0.3 is 10.1 Å². The molecule has 0 saturated carbocycles. The fourth-order valence-corrected chi connectivity index (χ4v) is 0.987. The number of allylic oxidation sites excluding steroid dienone is 1. The molecule has 76 valence electrons. The summed E-state index contributed by atoms with van der Waals surface area (Å²) in [7, 11) is 1.61. The molecule has 0 bridgehead atoms.